The van der Waals surface area contributed by atoms with Gasteiger partial charge in [-0.25, -0.2) is 15.0 Å². The molecule has 0 aliphatic carbocycles. The maximum Gasteiger partial charge on any atom is 0.321 e. The molecule has 0 aliphatic rings. The van der Waals surface area contributed by atoms with E-state index in [1.54, 1.807) is 35.1 Å². The first-order valence-electron chi connectivity index (χ1n) is 6.13. The molecular weight excluding hydrogens is 370 g/mol. The Balaban J connectivity index is 1.89. The predicted octanol–water partition coefficient (Wildman–Crippen LogP) is 5.16. The number of halogens is 1. The van der Waals surface area contributed by atoms with Crippen molar-refractivity contribution in [2.24, 2.45) is 0 Å². The maximum atomic E-state index is 5.86. The van der Waals surface area contributed by atoms with Crippen LogP contribution in [0.2, 0.25) is 0 Å². The van der Waals surface area contributed by atoms with E-state index in [0.717, 1.165) is 35.5 Å². The number of aromatic nitrogens is 3. The lowest BCUT2D eigenvalue weighted by Gasteiger charge is -2.05. The van der Waals surface area contributed by atoms with E-state index >= 15 is 0 Å². The molecule has 4 aromatic rings. The van der Waals surface area contributed by atoms with Crippen LogP contribution in [0.3, 0.4) is 0 Å². The lowest BCUT2D eigenvalue weighted by Crippen LogP contribution is -1.91. The van der Waals surface area contributed by atoms with E-state index in [1.165, 1.54) is 0 Å². The molecule has 4 rings (SSSR count). The first-order valence-corrected chi connectivity index (χ1v) is 8.62. The number of fused-ring (bicyclic) bond motifs is 3. The van der Waals surface area contributed by atoms with Crippen LogP contribution < -0.4 is 4.74 Å². The van der Waals surface area contributed by atoms with Crippen molar-refractivity contribution in [1.29, 1.82) is 0 Å². The summed E-state index contributed by atoms with van der Waals surface area (Å²) in [4.78, 5) is 12.9. The molecule has 0 atom stereocenters. The number of hydrogen-bond donors (Lipinski definition) is 0. The second kappa shape index (κ2) is 5.01. The van der Waals surface area contributed by atoms with Gasteiger partial charge in [-0.15, -0.1) is 22.7 Å². The molecule has 0 bridgehead atoms. The number of nitrogens with zero attached hydrogens (tertiary/aromatic N) is 3. The number of thiazole rings is 1. The van der Waals surface area contributed by atoms with E-state index in [-0.39, 0.29) is 0 Å². The van der Waals surface area contributed by atoms with Crippen molar-refractivity contribution < 1.29 is 4.74 Å². The number of thiophene rings is 1. The van der Waals surface area contributed by atoms with Crippen molar-refractivity contribution in [2.45, 2.75) is 6.92 Å². The fourth-order valence-corrected chi connectivity index (χ4v) is 4.16. The molecular formula is C14H8BrN3OS2. The van der Waals surface area contributed by atoms with Gasteiger partial charge in [0.2, 0.25) is 0 Å². The van der Waals surface area contributed by atoms with Gasteiger partial charge in [0.15, 0.2) is 0 Å². The van der Waals surface area contributed by atoms with Crippen molar-refractivity contribution in [1.82, 2.24) is 15.0 Å². The van der Waals surface area contributed by atoms with Crippen LogP contribution in [-0.2, 0) is 0 Å². The number of rotatable bonds is 2. The summed E-state index contributed by atoms with van der Waals surface area (Å²) in [5.74, 6) is 0.768. The fourth-order valence-electron chi connectivity index (χ4n) is 2.12. The van der Waals surface area contributed by atoms with Gasteiger partial charge in [0.1, 0.15) is 5.75 Å². The largest absolute Gasteiger partial charge is 0.424 e. The van der Waals surface area contributed by atoms with E-state index < -0.39 is 0 Å². The lowest BCUT2D eigenvalue weighted by molar-refractivity contribution is 0.447. The second-order valence-electron chi connectivity index (χ2n) is 4.40. The highest BCUT2D eigenvalue weighted by Crippen LogP contribution is 2.39. The Hall–Kier alpha value is -1.57. The standard InChI is InChI=1S/C14H8BrN3OS2/c1-7-18-12-11(21-7)4-10(9-2-3-20-13(9)12)19-14-16-5-8(15)6-17-14/h2-6H,1H3. The molecule has 0 saturated carbocycles. The first-order chi connectivity index (χ1) is 10.2. The summed E-state index contributed by atoms with van der Waals surface area (Å²) in [5, 5.41) is 4.15. The molecule has 1 aromatic carbocycles. The van der Waals surface area contributed by atoms with Gasteiger partial charge >= 0.3 is 6.01 Å². The summed E-state index contributed by atoms with van der Waals surface area (Å²) in [6.45, 7) is 2.02. The zero-order valence-corrected chi connectivity index (χ0v) is 14.1. The van der Waals surface area contributed by atoms with E-state index in [1.807, 2.05) is 24.4 Å². The van der Waals surface area contributed by atoms with Crippen LogP contribution in [0.1, 0.15) is 5.01 Å². The molecule has 0 amide bonds. The average molecular weight is 378 g/mol. The Morgan fingerprint density at radius 3 is 2.86 bits per heavy atom. The second-order valence-corrected chi connectivity index (χ2v) is 7.47. The molecule has 3 heterocycles. The minimum atomic E-state index is 0.339. The zero-order chi connectivity index (χ0) is 14.4. The smallest absolute Gasteiger partial charge is 0.321 e. The molecule has 7 heteroatoms. The highest BCUT2D eigenvalue weighted by Gasteiger charge is 2.13. The fraction of sp³-hybridized carbons (Fsp3) is 0.0714. The number of benzene rings is 1. The van der Waals surface area contributed by atoms with Crippen LogP contribution in [0, 0.1) is 6.92 Å². The van der Waals surface area contributed by atoms with Crippen LogP contribution >= 0.6 is 38.6 Å². The first kappa shape index (κ1) is 13.1. The van der Waals surface area contributed by atoms with Gasteiger partial charge in [0, 0.05) is 23.8 Å². The molecule has 21 heavy (non-hydrogen) atoms. The van der Waals surface area contributed by atoms with Crippen LogP contribution in [0.25, 0.3) is 20.3 Å². The van der Waals surface area contributed by atoms with E-state index in [9.17, 15) is 0 Å². The SMILES string of the molecule is Cc1nc2c(cc(Oc3ncc(Br)cn3)c3ccsc32)s1. The van der Waals surface area contributed by atoms with E-state index in [0.29, 0.717) is 6.01 Å². The number of ether oxygens (including phenoxy) is 1. The van der Waals surface area contributed by atoms with E-state index in [2.05, 4.69) is 30.9 Å². The quantitative estimate of drug-likeness (QED) is 0.483. The monoisotopic (exact) mass is 377 g/mol. The third-order valence-electron chi connectivity index (χ3n) is 2.97. The molecule has 3 aromatic heterocycles. The van der Waals surface area contributed by atoms with Crippen molar-refractivity contribution in [3.8, 4) is 11.8 Å². The maximum absolute atomic E-state index is 5.86. The van der Waals surface area contributed by atoms with Crippen molar-refractivity contribution >= 4 is 58.9 Å². The Kier molecular flexibility index (Phi) is 3.13. The molecule has 4 nitrogen and oxygen atoms in total. The van der Waals surface area contributed by atoms with Crippen molar-refractivity contribution in [2.75, 3.05) is 0 Å². The summed E-state index contributed by atoms with van der Waals surface area (Å²) < 4.78 is 8.95. The third-order valence-corrected chi connectivity index (χ3v) is 5.21. The van der Waals surface area contributed by atoms with E-state index in [4.69, 9.17) is 4.74 Å². The van der Waals surface area contributed by atoms with Gasteiger partial charge in [-0.3, -0.25) is 0 Å². The third kappa shape index (κ3) is 2.31. The normalized spacial score (nSPS) is 11.3. The van der Waals surface area contributed by atoms with Gasteiger partial charge in [0.25, 0.3) is 0 Å². The lowest BCUT2D eigenvalue weighted by atomic mass is 10.2. The zero-order valence-electron chi connectivity index (χ0n) is 10.8. The Labute approximate surface area is 136 Å². The van der Waals surface area contributed by atoms with Gasteiger partial charge in [0.05, 0.1) is 24.4 Å². The molecule has 0 fully saturated rings. The Morgan fingerprint density at radius 1 is 1.24 bits per heavy atom. The van der Waals surface area contributed by atoms with Crippen LogP contribution in [-0.4, -0.2) is 15.0 Å². The molecule has 0 spiro atoms. The van der Waals surface area contributed by atoms with Crippen molar-refractivity contribution in [3.05, 3.63) is 39.4 Å². The predicted molar refractivity (Wildman–Crippen MR) is 89.5 cm³/mol. The molecule has 0 aliphatic heterocycles. The van der Waals surface area contributed by atoms with Gasteiger partial charge in [-0.2, -0.15) is 0 Å². The summed E-state index contributed by atoms with van der Waals surface area (Å²) >= 11 is 6.65. The Bertz CT molecular complexity index is 946. The summed E-state index contributed by atoms with van der Waals surface area (Å²) in [6.07, 6.45) is 3.34. The molecule has 0 radical (unpaired) electrons. The van der Waals surface area contributed by atoms with Crippen LogP contribution in [0.5, 0.6) is 11.8 Å². The summed E-state index contributed by atoms with van der Waals surface area (Å²) in [5.41, 5.74) is 1.05. The summed E-state index contributed by atoms with van der Waals surface area (Å²) in [6, 6.07) is 4.40. The summed E-state index contributed by atoms with van der Waals surface area (Å²) in [7, 11) is 0. The molecule has 0 N–H and O–H groups in total. The minimum Gasteiger partial charge on any atom is -0.424 e. The number of hydrogen-bond acceptors (Lipinski definition) is 6. The highest BCUT2D eigenvalue weighted by atomic mass is 79.9. The van der Waals surface area contributed by atoms with Crippen LogP contribution in [0.15, 0.2) is 34.4 Å². The van der Waals surface area contributed by atoms with Crippen molar-refractivity contribution in [3.63, 3.8) is 0 Å². The topological polar surface area (TPSA) is 47.9 Å². The average Bonchev–Trinajstić information content (AvgIpc) is 3.07. The van der Waals surface area contributed by atoms with Crippen LogP contribution in [0.4, 0.5) is 0 Å². The van der Waals surface area contributed by atoms with Gasteiger partial charge in [-0.1, -0.05) is 0 Å². The van der Waals surface area contributed by atoms with Gasteiger partial charge < -0.3 is 4.74 Å². The molecule has 104 valence electrons. The highest BCUT2D eigenvalue weighted by molar-refractivity contribution is 9.10. The molecule has 0 unspecified atom stereocenters. The Morgan fingerprint density at radius 2 is 2.05 bits per heavy atom. The minimum absolute atomic E-state index is 0.339. The molecule has 0 saturated heterocycles. The number of aryl methyl sites for hydroxylation is 1. The van der Waals surface area contributed by atoms with Gasteiger partial charge in [-0.05, 0) is 34.3 Å².